The molecule has 0 atom stereocenters. The van der Waals surface area contributed by atoms with E-state index in [0.717, 1.165) is 10.9 Å². The Hall–Kier alpha value is -1.74. The van der Waals surface area contributed by atoms with Crippen LogP contribution in [0.1, 0.15) is 0 Å². The van der Waals surface area contributed by atoms with E-state index in [0.29, 0.717) is 5.02 Å². The Morgan fingerprint density at radius 3 is 2.88 bits per heavy atom. The number of carboxylic acids is 1. The molecule has 0 amide bonds. The molecular formula is C12H10ClNO2. The second-order valence-electron chi connectivity index (χ2n) is 3.53. The molecule has 0 unspecified atom stereocenters. The van der Waals surface area contributed by atoms with Crippen LogP contribution in [0.2, 0.25) is 5.02 Å². The van der Waals surface area contributed by atoms with E-state index >= 15 is 0 Å². The summed E-state index contributed by atoms with van der Waals surface area (Å²) in [6, 6.07) is 7.47. The molecule has 82 valence electrons. The second-order valence-corrected chi connectivity index (χ2v) is 3.94. The van der Waals surface area contributed by atoms with Gasteiger partial charge in [-0.1, -0.05) is 30.3 Å². The first-order valence-electron chi connectivity index (χ1n) is 4.74. The summed E-state index contributed by atoms with van der Waals surface area (Å²) in [5.41, 5.74) is 0.976. The van der Waals surface area contributed by atoms with Crippen LogP contribution in [0.4, 0.5) is 0 Å². The van der Waals surface area contributed by atoms with Gasteiger partial charge in [-0.2, -0.15) is 0 Å². The number of rotatable bonds is 3. The van der Waals surface area contributed by atoms with Crippen molar-refractivity contribution >= 4 is 28.5 Å². The van der Waals surface area contributed by atoms with Crippen LogP contribution in [-0.2, 0) is 11.3 Å². The van der Waals surface area contributed by atoms with Crippen molar-refractivity contribution in [3.63, 3.8) is 0 Å². The summed E-state index contributed by atoms with van der Waals surface area (Å²) in [7, 11) is 0. The zero-order valence-electron chi connectivity index (χ0n) is 8.48. The fraction of sp³-hybridized carbons (Fsp3) is 0.0833. The Bertz CT molecular complexity index is 571. The number of nitrogens with zero attached hydrogens (tertiary/aromatic N) is 1. The highest BCUT2D eigenvalue weighted by molar-refractivity contribution is 6.35. The molecule has 0 spiro atoms. The van der Waals surface area contributed by atoms with Crippen molar-refractivity contribution in [2.24, 2.45) is 0 Å². The quantitative estimate of drug-likeness (QED) is 0.832. The number of para-hydroxylation sites is 1. The lowest BCUT2D eigenvalue weighted by Gasteiger charge is -2.06. The molecule has 1 heterocycles. The van der Waals surface area contributed by atoms with Gasteiger partial charge in [0.15, 0.2) is 0 Å². The van der Waals surface area contributed by atoms with Gasteiger partial charge >= 0.3 is 5.97 Å². The summed E-state index contributed by atoms with van der Waals surface area (Å²) in [6.07, 6.45) is 1.81. The molecule has 0 fully saturated rings. The molecule has 1 N–H and O–H groups in total. The van der Waals surface area contributed by atoms with Crippen LogP contribution in [0.3, 0.4) is 0 Å². The number of fused-ring (bicyclic) bond motifs is 1. The molecule has 0 aliphatic heterocycles. The Kier molecular flexibility index (Phi) is 2.71. The monoisotopic (exact) mass is 235 g/mol. The van der Waals surface area contributed by atoms with Crippen molar-refractivity contribution < 1.29 is 9.90 Å². The van der Waals surface area contributed by atoms with Crippen molar-refractivity contribution in [3.8, 4) is 0 Å². The Labute approximate surface area is 97.6 Å². The first-order valence-corrected chi connectivity index (χ1v) is 5.12. The molecule has 4 heteroatoms. The molecular weight excluding hydrogens is 226 g/mol. The van der Waals surface area contributed by atoms with Crippen molar-refractivity contribution in [1.82, 2.24) is 4.57 Å². The lowest BCUT2D eigenvalue weighted by Crippen LogP contribution is -2.07. The minimum absolute atomic E-state index is 0.136. The maximum atomic E-state index is 10.7. The third-order valence-electron chi connectivity index (χ3n) is 2.40. The maximum Gasteiger partial charge on any atom is 0.332 e. The fourth-order valence-electron chi connectivity index (χ4n) is 1.62. The first-order chi connectivity index (χ1) is 7.59. The van der Waals surface area contributed by atoms with E-state index < -0.39 is 5.97 Å². The van der Waals surface area contributed by atoms with E-state index in [4.69, 9.17) is 16.7 Å². The van der Waals surface area contributed by atoms with Crippen molar-refractivity contribution in [3.05, 3.63) is 47.6 Å². The Morgan fingerprint density at radius 1 is 1.44 bits per heavy atom. The van der Waals surface area contributed by atoms with Gasteiger partial charge in [0.05, 0.1) is 17.1 Å². The number of benzene rings is 1. The predicted octanol–water partition coefficient (Wildman–Crippen LogP) is 2.94. The molecule has 2 aromatic rings. The third-order valence-corrected chi connectivity index (χ3v) is 2.71. The van der Waals surface area contributed by atoms with Crippen LogP contribution in [0, 0.1) is 0 Å². The summed E-state index contributed by atoms with van der Waals surface area (Å²) in [5, 5.41) is 10.4. The van der Waals surface area contributed by atoms with E-state index in [1.165, 1.54) is 0 Å². The van der Waals surface area contributed by atoms with Gasteiger partial charge in [-0.05, 0) is 12.1 Å². The maximum absolute atomic E-state index is 10.7. The second kappa shape index (κ2) is 4.02. The molecule has 0 saturated heterocycles. The summed E-state index contributed by atoms with van der Waals surface area (Å²) < 4.78 is 1.79. The largest absolute Gasteiger partial charge is 0.478 e. The van der Waals surface area contributed by atoms with Crippen LogP contribution in [0.25, 0.3) is 10.9 Å². The summed E-state index contributed by atoms with van der Waals surface area (Å²) in [5.74, 6) is -0.992. The number of hydrogen-bond donors (Lipinski definition) is 1. The highest BCUT2D eigenvalue weighted by atomic mass is 35.5. The zero-order chi connectivity index (χ0) is 11.7. The average molecular weight is 236 g/mol. The van der Waals surface area contributed by atoms with Crippen LogP contribution in [-0.4, -0.2) is 15.6 Å². The first kappa shape index (κ1) is 10.8. The minimum atomic E-state index is -0.992. The highest BCUT2D eigenvalue weighted by Gasteiger charge is 2.09. The smallest absolute Gasteiger partial charge is 0.332 e. The number of aromatic nitrogens is 1. The topological polar surface area (TPSA) is 42.2 Å². The van der Waals surface area contributed by atoms with E-state index in [9.17, 15) is 4.79 Å². The van der Waals surface area contributed by atoms with Gasteiger partial charge in [-0.25, -0.2) is 4.79 Å². The molecule has 1 aromatic heterocycles. The molecule has 0 bridgehead atoms. The molecule has 0 aliphatic rings. The van der Waals surface area contributed by atoms with Crippen LogP contribution >= 0.6 is 11.6 Å². The summed E-state index contributed by atoms with van der Waals surface area (Å²) in [4.78, 5) is 10.7. The number of aliphatic carboxylic acids is 1. The molecule has 1 aromatic carbocycles. The van der Waals surface area contributed by atoms with Gasteiger partial charge in [0.25, 0.3) is 0 Å². The average Bonchev–Trinajstić information content (AvgIpc) is 2.63. The zero-order valence-corrected chi connectivity index (χ0v) is 9.24. The number of hydrogen-bond acceptors (Lipinski definition) is 1. The van der Waals surface area contributed by atoms with Crippen molar-refractivity contribution in [2.45, 2.75) is 6.54 Å². The van der Waals surface area contributed by atoms with Gasteiger partial charge in [-0.3, -0.25) is 0 Å². The highest BCUT2D eigenvalue weighted by Crippen LogP contribution is 2.24. The van der Waals surface area contributed by atoms with Crippen molar-refractivity contribution in [2.75, 3.05) is 0 Å². The van der Waals surface area contributed by atoms with Gasteiger partial charge in [0, 0.05) is 17.2 Å². The number of carbonyl (C=O) groups is 1. The summed E-state index contributed by atoms with van der Waals surface area (Å²) in [6.45, 7) is 3.74. The van der Waals surface area contributed by atoms with Gasteiger partial charge in [0.1, 0.15) is 0 Å². The normalized spacial score (nSPS) is 10.6. The van der Waals surface area contributed by atoms with Gasteiger partial charge in [-0.15, -0.1) is 0 Å². The lowest BCUT2D eigenvalue weighted by atomic mass is 10.2. The number of carboxylic acid groups (broad SMARTS) is 1. The minimum Gasteiger partial charge on any atom is -0.478 e. The van der Waals surface area contributed by atoms with Crippen LogP contribution in [0.5, 0.6) is 0 Å². The molecule has 0 saturated carbocycles. The molecule has 3 nitrogen and oxygen atoms in total. The molecule has 16 heavy (non-hydrogen) atoms. The SMILES string of the molecule is C=C(Cn1ccc2cccc(Cl)c21)C(=O)O. The standard InChI is InChI=1S/C12H10ClNO2/c1-8(12(15)16)7-14-6-5-9-3-2-4-10(13)11(9)14/h2-6H,1,7H2,(H,15,16). The van der Waals surface area contributed by atoms with E-state index in [1.54, 1.807) is 10.6 Å². The fourth-order valence-corrected chi connectivity index (χ4v) is 1.91. The van der Waals surface area contributed by atoms with E-state index in [1.807, 2.05) is 24.4 Å². The van der Waals surface area contributed by atoms with Gasteiger partial charge in [0.2, 0.25) is 0 Å². The van der Waals surface area contributed by atoms with Gasteiger partial charge < -0.3 is 9.67 Å². The van der Waals surface area contributed by atoms with Crippen molar-refractivity contribution in [1.29, 1.82) is 0 Å². The number of halogens is 1. The lowest BCUT2D eigenvalue weighted by molar-refractivity contribution is -0.132. The summed E-state index contributed by atoms with van der Waals surface area (Å²) >= 11 is 6.07. The third kappa shape index (κ3) is 1.82. The molecule has 2 rings (SSSR count). The van der Waals surface area contributed by atoms with E-state index in [2.05, 4.69) is 6.58 Å². The van der Waals surface area contributed by atoms with Crippen LogP contribution in [0.15, 0.2) is 42.6 Å². The predicted molar refractivity (Wildman–Crippen MR) is 63.7 cm³/mol. The Balaban J connectivity index is 2.46. The molecule has 0 radical (unpaired) electrons. The molecule has 0 aliphatic carbocycles. The Morgan fingerprint density at radius 2 is 2.19 bits per heavy atom. The van der Waals surface area contributed by atoms with E-state index in [-0.39, 0.29) is 12.1 Å². The van der Waals surface area contributed by atoms with Crippen LogP contribution < -0.4 is 0 Å².